The maximum absolute atomic E-state index is 12.5. The number of rotatable bonds is 7. The first-order valence-electron chi connectivity index (χ1n) is 7.78. The number of sulfonamides is 1. The lowest BCUT2D eigenvalue weighted by molar-refractivity contribution is 0.397. The van der Waals surface area contributed by atoms with Crippen molar-refractivity contribution in [3.8, 4) is 5.75 Å². The quantitative estimate of drug-likeness (QED) is 0.776. The fourth-order valence-electron chi connectivity index (χ4n) is 2.79. The Hall–Kier alpha value is -1.11. The van der Waals surface area contributed by atoms with Crippen LogP contribution in [0.4, 0.5) is 0 Å². The van der Waals surface area contributed by atoms with Crippen LogP contribution in [0.5, 0.6) is 5.75 Å². The average Bonchev–Trinajstić information content (AvgIpc) is 2.50. The molecule has 0 atom stereocenters. The summed E-state index contributed by atoms with van der Waals surface area (Å²) in [6.07, 6.45) is 5.00. The van der Waals surface area contributed by atoms with Gasteiger partial charge in [0.15, 0.2) is 0 Å². The minimum atomic E-state index is -3.53. The van der Waals surface area contributed by atoms with Gasteiger partial charge in [-0.3, -0.25) is 0 Å². The van der Waals surface area contributed by atoms with Crippen LogP contribution in [0.25, 0.3) is 0 Å². The molecule has 0 amide bonds. The van der Waals surface area contributed by atoms with Crippen LogP contribution in [-0.4, -0.2) is 47.6 Å². The number of methoxy groups -OCH3 is 1. The van der Waals surface area contributed by atoms with Crippen LogP contribution in [0.1, 0.15) is 30.4 Å². The number of fused-ring (bicyclic) bond motifs is 1. The van der Waals surface area contributed by atoms with Gasteiger partial charge in [0.2, 0.25) is 10.0 Å². The second-order valence-electron chi connectivity index (χ2n) is 6.03. The van der Waals surface area contributed by atoms with E-state index in [4.69, 9.17) is 4.74 Å². The van der Waals surface area contributed by atoms with E-state index >= 15 is 0 Å². The molecule has 0 fully saturated rings. The van der Waals surface area contributed by atoms with Crippen LogP contribution < -0.4 is 9.46 Å². The number of aryl methyl sites for hydroxylation is 2. The Morgan fingerprint density at radius 1 is 1.18 bits per heavy atom. The second kappa shape index (κ2) is 7.44. The molecular weight excluding hydrogens is 300 g/mol. The highest BCUT2D eigenvalue weighted by Crippen LogP contribution is 2.31. The molecule has 1 aliphatic carbocycles. The molecule has 124 valence electrons. The van der Waals surface area contributed by atoms with E-state index in [1.54, 1.807) is 6.07 Å². The van der Waals surface area contributed by atoms with Gasteiger partial charge in [-0.15, -0.1) is 0 Å². The fraction of sp³-hybridized carbons (Fsp3) is 0.625. The van der Waals surface area contributed by atoms with E-state index in [1.165, 1.54) is 12.7 Å². The number of hydrogen-bond donors (Lipinski definition) is 1. The normalized spacial score (nSPS) is 14.9. The maximum atomic E-state index is 12.5. The zero-order chi connectivity index (χ0) is 16.2. The first-order valence-corrected chi connectivity index (χ1v) is 9.26. The van der Waals surface area contributed by atoms with Crippen molar-refractivity contribution in [1.29, 1.82) is 0 Å². The molecule has 1 aliphatic rings. The van der Waals surface area contributed by atoms with E-state index in [0.717, 1.165) is 44.2 Å². The molecule has 6 heteroatoms. The van der Waals surface area contributed by atoms with Crippen LogP contribution in [-0.2, 0) is 22.9 Å². The van der Waals surface area contributed by atoms with Gasteiger partial charge in [0.1, 0.15) is 10.6 Å². The van der Waals surface area contributed by atoms with Gasteiger partial charge in [0.25, 0.3) is 0 Å². The van der Waals surface area contributed by atoms with Gasteiger partial charge in [-0.1, -0.05) is 0 Å². The summed E-state index contributed by atoms with van der Waals surface area (Å²) in [5.74, 6) is 0.445. The molecule has 0 heterocycles. The van der Waals surface area contributed by atoms with Crippen molar-refractivity contribution in [2.24, 2.45) is 0 Å². The lowest BCUT2D eigenvalue weighted by Crippen LogP contribution is -2.28. The highest BCUT2D eigenvalue weighted by Gasteiger charge is 2.22. The van der Waals surface area contributed by atoms with E-state index in [0.29, 0.717) is 12.3 Å². The molecule has 1 aromatic rings. The summed E-state index contributed by atoms with van der Waals surface area (Å²) in [4.78, 5) is 2.30. The molecule has 5 nitrogen and oxygen atoms in total. The molecule has 0 saturated carbocycles. The Morgan fingerprint density at radius 2 is 1.82 bits per heavy atom. The lowest BCUT2D eigenvalue weighted by Gasteiger charge is -2.19. The highest BCUT2D eigenvalue weighted by atomic mass is 32.2. The van der Waals surface area contributed by atoms with Gasteiger partial charge in [0, 0.05) is 6.54 Å². The number of ether oxygens (including phenoxy) is 1. The lowest BCUT2D eigenvalue weighted by atomic mass is 9.92. The monoisotopic (exact) mass is 326 g/mol. The molecule has 0 saturated heterocycles. The van der Waals surface area contributed by atoms with E-state index in [-0.39, 0.29) is 4.90 Å². The Bertz CT molecular complexity index is 612. The van der Waals surface area contributed by atoms with Crippen LogP contribution >= 0.6 is 0 Å². The third-order valence-electron chi connectivity index (χ3n) is 3.99. The second-order valence-corrected chi connectivity index (χ2v) is 7.77. The average molecular weight is 326 g/mol. The van der Waals surface area contributed by atoms with Crippen molar-refractivity contribution in [2.45, 2.75) is 37.0 Å². The van der Waals surface area contributed by atoms with E-state index in [1.807, 2.05) is 25.1 Å². The third-order valence-corrected chi connectivity index (χ3v) is 5.47. The van der Waals surface area contributed by atoms with Crippen LogP contribution in [0.2, 0.25) is 0 Å². The predicted octanol–water partition coefficient (Wildman–Crippen LogP) is 1.80. The van der Waals surface area contributed by atoms with Gasteiger partial charge < -0.3 is 9.64 Å². The summed E-state index contributed by atoms with van der Waals surface area (Å²) in [6, 6.07) is 3.69. The first kappa shape index (κ1) is 17.2. The highest BCUT2D eigenvalue weighted by molar-refractivity contribution is 7.89. The van der Waals surface area contributed by atoms with Crippen LogP contribution in [0.3, 0.4) is 0 Å². The van der Waals surface area contributed by atoms with Gasteiger partial charge in [-0.25, -0.2) is 13.1 Å². The predicted molar refractivity (Wildman–Crippen MR) is 88.0 cm³/mol. The molecular formula is C16H26N2O3S. The summed E-state index contributed by atoms with van der Waals surface area (Å²) in [7, 11) is 1.94. The number of benzene rings is 1. The molecule has 2 rings (SSSR count). The van der Waals surface area contributed by atoms with E-state index < -0.39 is 10.0 Å². The van der Waals surface area contributed by atoms with Gasteiger partial charge in [0.05, 0.1) is 7.11 Å². The van der Waals surface area contributed by atoms with Gasteiger partial charge in [-0.05, 0) is 76.0 Å². The smallest absolute Gasteiger partial charge is 0.244 e. The van der Waals surface area contributed by atoms with E-state index in [2.05, 4.69) is 4.72 Å². The number of nitrogens with one attached hydrogen (secondary N) is 1. The Morgan fingerprint density at radius 3 is 2.41 bits per heavy atom. The minimum Gasteiger partial charge on any atom is -0.495 e. The largest absolute Gasteiger partial charge is 0.495 e. The zero-order valence-corrected chi connectivity index (χ0v) is 14.5. The maximum Gasteiger partial charge on any atom is 0.244 e. The number of nitrogens with zero attached hydrogens (tertiary/aromatic N) is 1. The summed E-state index contributed by atoms with van der Waals surface area (Å²) in [5.41, 5.74) is 2.36. The molecule has 0 spiro atoms. The van der Waals surface area contributed by atoms with Crippen molar-refractivity contribution in [3.63, 3.8) is 0 Å². The topological polar surface area (TPSA) is 58.6 Å². The van der Waals surface area contributed by atoms with Crippen molar-refractivity contribution in [3.05, 3.63) is 23.3 Å². The first-order chi connectivity index (χ1) is 10.4. The fourth-order valence-corrected chi connectivity index (χ4v) is 4.06. The molecule has 0 bridgehead atoms. The molecule has 0 aromatic heterocycles. The Kier molecular flexibility index (Phi) is 5.83. The van der Waals surface area contributed by atoms with E-state index in [9.17, 15) is 8.42 Å². The Balaban J connectivity index is 2.18. The van der Waals surface area contributed by atoms with Crippen LogP contribution in [0.15, 0.2) is 17.0 Å². The SMILES string of the molecule is COc1cc2c(cc1S(=O)(=O)NCCCN(C)C)CCCC2. The molecule has 22 heavy (non-hydrogen) atoms. The summed E-state index contributed by atoms with van der Waals surface area (Å²) in [6.45, 7) is 1.28. The van der Waals surface area contributed by atoms with Crippen molar-refractivity contribution >= 4 is 10.0 Å². The van der Waals surface area contributed by atoms with Gasteiger partial charge >= 0.3 is 0 Å². The van der Waals surface area contributed by atoms with Crippen molar-refractivity contribution in [1.82, 2.24) is 9.62 Å². The summed E-state index contributed by atoms with van der Waals surface area (Å²) in [5, 5.41) is 0. The molecule has 0 unspecified atom stereocenters. The Labute approximate surface area is 133 Å². The molecule has 0 radical (unpaired) electrons. The number of hydrogen-bond acceptors (Lipinski definition) is 4. The minimum absolute atomic E-state index is 0.264. The standard InChI is InChI=1S/C16H26N2O3S/c1-18(2)10-6-9-17-22(19,20)16-12-14-8-5-4-7-13(14)11-15(16)21-3/h11-12,17H,4-10H2,1-3H3. The molecule has 1 N–H and O–H groups in total. The molecule has 1 aromatic carbocycles. The van der Waals surface area contributed by atoms with Gasteiger partial charge in [-0.2, -0.15) is 0 Å². The van der Waals surface area contributed by atoms with Crippen molar-refractivity contribution < 1.29 is 13.2 Å². The summed E-state index contributed by atoms with van der Waals surface area (Å²) < 4.78 is 33.1. The summed E-state index contributed by atoms with van der Waals surface area (Å²) >= 11 is 0. The van der Waals surface area contributed by atoms with Crippen LogP contribution in [0, 0.1) is 0 Å². The molecule has 0 aliphatic heterocycles. The third kappa shape index (κ3) is 4.21. The van der Waals surface area contributed by atoms with Crippen molar-refractivity contribution in [2.75, 3.05) is 34.3 Å². The zero-order valence-electron chi connectivity index (χ0n) is 13.7.